The van der Waals surface area contributed by atoms with Crippen molar-refractivity contribution in [3.05, 3.63) is 65.0 Å². The molecule has 0 aliphatic carbocycles. The van der Waals surface area contributed by atoms with Crippen molar-refractivity contribution in [2.45, 2.75) is 26.8 Å². The van der Waals surface area contributed by atoms with Crippen LogP contribution >= 0.6 is 0 Å². The zero-order valence-electron chi connectivity index (χ0n) is 11.0. The van der Waals surface area contributed by atoms with Crippen molar-refractivity contribution in [3.63, 3.8) is 0 Å². The topological polar surface area (TPSA) is 12.0 Å². The van der Waals surface area contributed by atoms with Gasteiger partial charge >= 0.3 is 0 Å². The fraction of sp³-hybridized carbons (Fsp3) is 0.250. The summed E-state index contributed by atoms with van der Waals surface area (Å²) >= 11 is 0. The molecule has 2 aromatic rings. The number of benzene rings is 2. The average molecular weight is 243 g/mol. The molecular formula is C16H18FN. The summed E-state index contributed by atoms with van der Waals surface area (Å²) in [7, 11) is 0. The third-order valence-corrected chi connectivity index (χ3v) is 3.33. The largest absolute Gasteiger partial charge is 0.378 e. The van der Waals surface area contributed by atoms with Crippen molar-refractivity contribution < 1.29 is 4.39 Å². The van der Waals surface area contributed by atoms with Gasteiger partial charge in [-0.05, 0) is 55.7 Å². The molecule has 1 N–H and O–H groups in total. The molecule has 0 saturated carbocycles. The van der Waals surface area contributed by atoms with E-state index in [-0.39, 0.29) is 11.9 Å². The van der Waals surface area contributed by atoms with Crippen molar-refractivity contribution in [2.24, 2.45) is 0 Å². The van der Waals surface area contributed by atoms with Crippen molar-refractivity contribution in [3.8, 4) is 0 Å². The first-order valence-electron chi connectivity index (χ1n) is 6.16. The van der Waals surface area contributed by atoms with E-state index in [1.807, 2.05) is 19.1 Å². The van der Waals surface area contributed by atoms with Gasteiger partial charge in [0.25, 0.3) is 0 Å². The average Bonchev–Trinajstić information content (AvgIpc) is 2.35. The third-order valence-electron chi connectivity index (χ3n) is 3.33. The van der Waals surface area contributed by atoms with Crippen LogP contribution < -0.4 is 5.32 Å². The summed E-state index contributed by atoms with van der Waals surface area (Å²) in [6, 6.07) is 13.0. The Kier molecular flexibility index (Phi) is 3.66. The van der Waals surface area contributed by atoms with Crippen molar-refractivity contribution >= 4 is 5.69 Å². The third kappa shape index (κ3) is 2.70. The highest BCUT2D eigenvalue weighted by Crippen LogP contribution is 2.24. The number of rotatable bonds is 3. The van der Waals surface area contributed by atoms with E-state index in [1.54, 1.807) is 12.1 Å². The van der Waals surface area contributed by atoms with Gasteiger partial charge in [0.05, 0.1) is 0 Å². The Hall–Kier alpha value is -1.83. The van der Waals surface area contributed by atoms with Gasteiger partial charge in [-0.25, -0.2) is 4.39 Å². The Morgan fingerprint density at radius 1 is 1.06 bits per heavy atom. The number of anilines is 1. The number of halogens is 1. The molecule has 0 saturated heterocycles. The zero-order chi connectivity index (χ0) is 13.1. The SMILES string of the molecule is Cc1cccc(NC(C)c2cccc(F)c2)c1C. The summed E-state index contributed by atoms with van der Waals surface area (Å²) in [6.45, 7) is 6.22. The first-order valence-corrected chi connectivity index (χ1v) is 6.16. The molecule has 0 aliphatic rings. The van der Waals surface area contributed by atoms with Crippen molar-refractivity contribution in [1.82, 2.24) is 0 Å². The second-order valence-electron chi connectivity index (χ2n) is 4.67. The van der Waals surface area contributed by atoms with E-state index >= 15 is 0 Å². The molecule has 0 fully saturated rings. The molecule has 1 nitrogen and oxygen atoms in total. The quantitative estimate of drug-likeness (QED) is 0.829. The van der Waals surface area contributed by atoms with Crippen LogP contribution in [0.25, 0.3) is 0 Å². The molecule has 94 valence electrons. The summed E-state index contributed by atoms with van der Waals surface area (Å²) in [4.78, 5) is 0. The van der Waals surface area contributed by atoms with E-state index in [0.29, 0.717) is 0 Å². The summed E-state index contributed by atoms with van der Waals surface area (Å²) in [5.41, 5.74) is 4.55. The van der Waals surface area contributed by atoms with Crippen molar-refractivity contribution in [2.75, 3.05) is 5.32 Å². The van der Waals surface area contributed by atoms with Crippen molar-refractivity contribution in [1.29, 1.82) is 0 Å². The molecule has 1 unspecified atom stereocenters. The predicted octanol–water partition coefficient (Wildman–Crippen LogP) is 4.62. The van der Waals surface area contributed by atoms with Crippen LogP contribution in [-0.2, 0) is 0 Å². The van der Waals surface area contributed by atoms with E-state index in [1.165, 1.54) is 17.2 Å². The highest BCUT2D eigenvalue weighted by molar-refractivity contribution is 5.54. The normalized spacial score (nSPS) is 12.2. The predicted molar refractivity (Wildman–Crippen MR) is 74.4 cm³/mol. The molecule has 0 aliphatic heterocycles. The summed E-state index contributed by atoms with van der Waals surface area (Å²) < 4.78 is 13.2. The summed E-state index contributed by atoms with van der Waals surface area (Å²) in [5, 5.41) is 3.43. The second kappa shape index (κ2) is 5.21. The van der Waals surface area contributed by atoms with Crippen LogP contribution in [0.3, 0.4) is 0 Å². The molecule has 0 aromatic heterocycles. The van der Waals surface area contributed by atoms with E-state index in [2.05, 4.69) is 31.3 Å². The highest BCUT2D eigenvalue weighted by atomic mass is 19.1. The molecule has 0 bridgehead atoms. The molecule has 0 heterocycles. The first kappa shape index (κ1) is 12.6. The van der Waals surface area contributed by atoms with Crippen LogP contribution in [0.4, 0.5) is 10.1 Å². The maximum atomic E-state index is 13.2. The highest BCUT2D eigenvalue weighted by Gasteiger charge is 2.08. The fourth-order valence-electron chi connectivity index (χ4n) is 2.00. The lowest BCUT2D eigenvalue weighted by Crippen LogP contribution is -2.08. The molecular weight excluding hydrogens is 225 g/mol. The van der Waals surface area contributed by atoms with E-state index in [0.717, 1.165) is 11.3 Å². The van der Waals surface area contributed by atoms with Crippen LogP contribution in [0.5, 0.6) is 0 Å². The van der Waals surface area contributed by atoms with Gasteiger partial charge in [0.15, 0.2) is 0 Å². The molecule has 2 aromatic carbocycles. The smallest absolute Gasteiger partial charge is 0.123 e. The maximum Gasteiger partial charge on any atom is 0.123 e. The van der Waals surface area contributed by atoms with Crippen LogP contribution in [-0.4, -0.2) is 0 Å². The standard InChI is InChI=1S/C16H18FN/c1-11-6-4-9-16(12(11)2)18-13(3)14-7-5-8-15(17)10-14/h4-10,13,18H,1-3H3. The number of hydrogen-bond acceptors (Lipinski definition) is 1. The lowest BCUT2D eigenvalue weighted by Gasteiger charge is -2.18. The number of aryl methyl sites for hydroxylation is 1. The Balaban J connectivity index is 2.21. The minimum Gasteiger partial charge on any atom is -0.378 e. The Morgan fingerprint density at radius 3 is 2.50 bits per heavy atom. The molecule has 1 atom stereocenters. The zero-order valence-corrected chi connectivity index (χ0v) is 11.0. The van der Waals surface area contributed by atoms with Gasteiger partial charge in [0.2, 0.25) is 0 Å². The molecule has 0 radical (unpaired) electrons. The first-order chi connectivity index (χ1) is 8.58. The number of nitrogens with one attached hydrogen (secondary N) is 1. The van der Waals surface area contributed by atoms with Gasteiger partial charge in [-0.3, -0.25) is 0 Å². The van der Waals surface area contributed by atoms with Crippen LogP contribution in [0.2, 0.25) is 0 Å². The minimum absolute atomic E-state index is 0.0844. The lowest BCUT2D eigenvalue weighted by molar-refractivity contribution is 0.623. The molecule has 2 heteroatoms. The van der Waals surface area contributed by atoms with Crippen LogP contribution in [0.15, 0.2) is 42.5 Å². The van der Waals surface area contributed by atoms with Crippen LogP contribution in [0.1, 0.15) is 29.7 Å². The molecule has 2 rings (SSSR count). The summed E-state index contributed by atoms with van der Waals surface area (Å²) in [5.74, 6) is -0.192. The van der Waals surface area contributed by atoms with E-state index in [4.69, 9.17) is 0 Å². The second-order valence-corrected chi connectivity index (χ2v) is 4.67. The Bertz CT molecular complexity index is 549. The van der Waals surface area contributed by atoms with Gasteiger partial charge < -0.3 is 5.32 Å². The van der Waals surface area contributed by atoms with Gasteiger partial charge in [-0.15, -0.1) is 0 Å². The Labute approximate surface area is 108 Å². The summed E-state index contributed by atoms with van der Waals surface area (Å²) in [6.07, 6.45) is 0. The minimum atomic E-state index is -0.192. The maximum absolute atomic E-state index is 13.2. The van der Waals surface area contributed by atoms with Gasteiger partial charge in [-0.2, -0.15) is 0 Å². The lowest BCUT2D eigenvalue weighted by atomic mass is 10.0. The van der Waals surface area contributed by atoms with Crippen LogP contribution in [0, 0.1) is 19.7 Å². The van der Waals surface area contributed by atoms with Gasteiger partial charge in [0, 0.05) is 11.7 Å². The molecule has 0 spiro atoms. The molecule has 18 heavy (non-hydrogen) atoms. The monoisotopic (exact) mass is 243 g/mol. The molecule has 0 amide bonds. The fourth-order valence-corrected chi connectivity index (χ4v) is 2.00. The number of hydrogen-bond donors (Lipinski definition) is 1. The van der Waals surface area contributed by atoms with E-state index in [9.17, 15) is 4.39 Å². The Morgan fingerprint density at radius 2 is 1.78 bits per heavy atom. The van der Waals surface area contributed by atoms with Gasteiger partial charge in [0.1, 0.15) is 5.82 Å². The van der Waals surface area contributed by atoms with Gasteiger partial charge in [-0.1, -0.05) is 24.3 Å². The van der Waals surface area contributed by atoms with E-state index < -0.39 is 0 Å².